The lowest BCUT2D eigenvalue weighted by Gasteiger charge is -2.35. The number of aryl methyl sites for hydroxylation is 1. The molecule has 0 saturated carbocycles. The second kappa shape index (κ2) is 9.73. The molecule has 2 amide bonds. The van der Waals surface area contributed by atoms with E-state index < -0.39 is 23.8 Å². The number of carbonyl (C=O) groups is 2. The van der Waals surface area contributed by atoms with Gasteiger partial charge in [0.1, 0.15) is 11.4 Å². The van der Waals surface area contributed by atoms with Crippen LogP contribution in [-0.2, 0) is 9.53 Å². The van der Waals surface area contributed by atoms with Crippen LogP contribution in [0.5, 0.6) is 5.75 Å². The first-order valence-electron chi connectivity index (χ1n) is 11.9. The first kappa shape index (κ1) is 24.8. The molecule has 2 aliphatic heterocycles. The first-order valence-corrected chi connectivity index (χ1v) is 11.9. The number of nitrogens with zero attached hydrogens (tertiary/aromatic N) is 4. The van der Waals surface area contributed by atoms with Crippen LogP contribution < -0.4 is 4.74 Å². The molecule has 2 aliphatic rings. The lowest BCUT2D eigenvalue weighted by atomic mass is 9.98. The Hall–Kier alpha value is -3.33. The number of hydrogen-bond donors (Lipinski definition) is 1. The zero-order valence-electron chi connectivity index (χ0n) is 21.0. The zero-order chi connectivity index (χ0) is 25.3. The summed E-state index contributed by atoms with van der Waals surface area (Å²) in [5, 5.41) is 10.7. The molecule has 1 aromatic carbocycles. The third kappa shape index (κ3) is 5.51. The molecule has 0 aliphatic carbocycles. The number of aliphatic hydroxyl groups excluding tert-OH is 1. The van der Waals surface area contributed by atoms with Crippen molar-refractivity contribution < 1.29 is 24.2 Å². The molecule has 9 heteroatoms. The van der Waals surface area contributed by atoms with Gasteiger partial charge in [-0.15, -0.1) is 0 Å². The van der Waals surface area contributed by atoms with Crippen LogP contribution in [0.2, 0.25) is 0 Å². The van der Waals surface area contributed by atoms with Gasteiger partial charge in [-0.1, -0.05) is 6.07 Å². The van der Waals surface area contributed by atoms with Gasteiger partial charge in [0, 0.05) is 24.9 Å². The van der Waals surface area contributed by atoms with Crippen molar-refractivity contribution in [1.29, 1.82) is 0 Å². The normalized spacial score (nSPS) is 22.1. The first-order chi connectivity index (χ1) is 16.6. The van der Waals surface area contributed by atoms with E-state index in [1.54, 1.807) is 39.1 Å². The number of imidazole rings is 1. The van der Waals surface area contributed by atoms with Crippen molar-refractivity contribution in [2.45, 2.75) is 58.3 Å². The quantitative estimate of drug-likeness (QED) is 0.673. The maximum Gasteiger partial charge on any atom is 0.410 e. The average Bonchev–Trinajstić information content (AvgIpc) is 3.39. The van der Waals surface area contributed by atoms with Crippen LogP contribution in [0.1, 0.15) is 44.9 Å². The molecule has 0 bridgehead atoms. The van der Waals surface area contributed by atoms with Crippen LogP contribution >= 0.6 is 0 Å². The van der Waals surface area contributed by atoms with E-state index in [0.717, 1.165) is 23.4 Å². The van der Waals surface area contributed by atoms with E-state index in [2.05, 4.69) is 4.98 Å². The van der Waals surface area contributed by atoms with Crippen LogP contribution in [0.15, 0.2) is 36.3 Å². The highest BCUT2D eigenvalue weighted by molar-refractivity contribution is 5.99. The molecule has 0 radical (unpaired) electrons. The van der Waals surface area contributed by atoms with Gasteiger partial charge in [0.2, 0.25) is 5.91 Å². The number of aromatic nitrogens is 2. The molecule has 3 heterocycles. The average molecular weight is 483 g/mol. The van der Waals surface area contributed by atoms with Gasteiger partial charge in [-0.25, -0.2) is 9.78 Å². The van der Waals surface area contributed by atoms with Crippen LogP contribution in [0.3, 0.4) is 0 Å². The highest BCUT2D eigenvalue weighted by Crippen LogP contribution is 2.29. The monoisotopic (exact) mass is 482 g/mol. The van der Waals surface area contributed by atoms with Gasteiger partial charge >= 0.3 is 6.09 Å². The third-order valence-electron chi connectivity index (χ3n) is 6.23. The molecule has 188 valence electrons. The number of benzene rings is 1. The molecule has 1 aromatic heterocycles. The number of amides is 2. The summed E-state index contributed by atoms with van der Waals surface area (Å²) in [5.74, 6) is 0.565. The largest absolute Gasteiger partial charge is 0.495 e. The van der Waals surface area contributed by atoms with E-state index in [4.69, 9.17) is 9.47 Å². The number of carbonyl (C=O) groups excluding carboxylic acids is 2. The van der Waals surface area contributed by atoms with Crippen molar-refractivity contribution >= 4 is 18.1 Å². The van der Waals surface area contributed by atoms with Crippen LogP contribution in [0.4, 0.5) is 4.79 Å². The Kier molecular flexibility index (Phi) is 6.89. The Labute approximate surface area is 205 Å². The van der Waals surface area contributed by atoms with Crippen LogP contribution in [0, 0.1) is 6.92 Å². The van der Waals surface area contributed by atoms with Gasteiger partial charge in [0.25, 0.3) is 0 Å². The molecular formula is C26H34N4O5. The maximum atomic E-state index is 13.4. The highest BCUT2D eigenvalue weighted by Gasteiger charge is 2.42. The SMILES string of the molecule is COc1cc(/C=C2\CCCN([C@@H]3CN(C(=O)OC(C)(C)C)C[C@H]3O)C2=O)ccc1-n1cnc(C)c1. The zero-order valence-corrected chi connectivity index (χ0v) is 21.0. The van der Waals surface area contributed by atoms with Crippen LogP contribution in [0.25, 0.3) is 11.8 Å². The van der Waals surface area contributed by atoms with E-state index >= 15 is 0 Å². The molecule has 4 rings (SSSR count). The Bertz CT molecular complexity index is 1130. The van der Waals surface area contributed by atoms with Crippen molar-refractivity contribution in [3.05, 3.63) is 47.6 Å². The van der Waals surface area contributed by atoms with Gasteiger partial charge in [-0.05, 0) is 64.3 Å². The van der Waals surface area contributed by atoms with E-state index in [1.807, 2.05) is 42.0 Å². The van der Waals surface area contributed by atoms with E-state index in [1.165, 1.54) is 4.90 Å². The summed E-state index contributed by atoms with van der Waals surface area (Å²) in [6.07, 6.45) is 5.69. The molecule has 2 aromatic rings. The predicted molar refractivity (Wildman–Crippen MR) is 131 cm³/mol. The minimum atomic E-state index is -0.816. The Morgan fingerprint density at radius 1 is 1.26 bits per heavy atom. The number of piperidine rings is 1. The summed E-state index contributed by atoms with van der Waals surface area (Å²) in [5.41, 5.74) is 2.68. The second-order valence-electron chi connectivity index (χ2n) is 10.1. The number of aliphatic hydroxyl groups is 1. The fourth-order valence-corrected chi connectivity index (χ4v) is 4.59. The molecule has 1 N–H and O–H groups in total. The minimum absolute atomic E-state index is 0.111. The van der Waals surface area contributed by atoms with Crippen molar-refractivity contribution in [1.82, 2.24) is 19.4 Å². The van der Waals surface area contributed by atoms with Crippen molar-refractivity contribution in [2.24, 2.45) is 0 Å². The smallest absolute Gasteiger partial charge is 0.410 e. The van der Waals surface area contributed by atoms with E-state index in [-0.39, 0.29) is 19.0 Å². The topological polar surface area (TPSA) is 97.1 Å². The lowest BCUT2D eigenvalue weighted by Crippen LogP contribution is -2.49. The summed E-state index contributed by atoms with van der Waals surface area (Å²) in [6.45, 7) is 8.28. The maximum absolute atomic E-state index is 13.4. The summed E-state index contributed by atoms with van der Waals surface area (Å²) in [7, 11) is 1.62. The van der Waals surface area contributed by atoms with Crippen molar-refractivity contribution in [3.8, 4) is 11.4 Å². The Morgan fingerprint density at radius 3 is 2.69 bits per heavy atom. The van der Waals surface area contributed by atoms with Gasteiger partial charge in [0.15, 0.2) is 0 Å². The number of methoxy groups -OCH3 is 1. The molecule has 2 fully saturated rings. The van der Waals surface area contributed by atoms with Crippen molar-refractivity contribution in [3.63, 3.8) is 0 Å². The summed E-state index contributed by atoms with van der Waals surface area (Å²) >= 11 is 0. The number of β-amino-alcohol motifs (C(OH)–C–C–N with tert-alkyl or cyclic N) is 1. The summed E-state index contributed by atoms with van der Waals surface area (Å²) in [4.78, 5) is 33.3. The molecule has 35 heavy (non-hydrogen) atoms. The fourth-order valence-electron chi connectivity index (χ4n) is 4.59. The van der Waals surface area contributed by atoms with E-state index in [9.17, 15) is 14.7 Å². The standard InChI is InChI=1S/C26H34N4O5/c1-17-13-29(16-27-17)20-9-8-18(12-23(20)34-5)11-19-7-6-10-30(24(19)32)21-14-28(15-22(21)31)25(33)35-26(2,3)4/h8-9,11-13,16,21-22,31H,6-7,10,14-15H2,1-5H3/b19-11+/t21-,22-/m1/s1. The van der Waals surface area contributed by atoms with Gasteiger partial charge in [-0.3, -0.25) is 4.79 Å². The number of ether oxygens (including phenoxy) is 2. The Balaban J connectivity index is 1.51. The molecule has 0 spiro atoms. The van der Waals surface area contributed by atoms with Crippen LogP contribution in [-0.4, -0.2) is 80.9 Å². The third-order valence-corrected chi connectivity index (χ3v) is 6.23. The van der Waals surface area contributed by atoms with Gasteiger partial charge in [-0.2, -0.15) is 0 Å². The molecular weight excluding hydrogens is 448 g/mol. The Morgan fingerprint density at radius 2 is 2.03 bits per heavy atom. The lowest BCUT2D eigenvalue weighted by molar-refractivity contribution is -0.132. The van der Waals surface area contributed by atoms with E-state index in [0.29, 0.717) is 24.3 Å². The summed E-state index contributed by atoms with van der Waals surface area (Å²) < 4.78 is 12.9. The molecule has 2 saturated heterocycles. The molecule has 0 unspecified atom stereocenters. The fraction of sp³-hybridized carbons (Fsp3) is 0.500. The number of hydrogen-bond acceptors (Lipinski definition) is 6. The van der Waals surface area contributed by atoms with Crippen molar-refractivity contribution in [2.75, 3.05) is 26.7 Å². The van der Waals surface area contributed by atoms with Gasteiger partial charge in [0.05, 0.1) is 43.5 Å². The van der Waals surface area contributed by atoms with Gasteiger partial charge < -0.3 is 28.9 Å². The highest BCUT2D eigenvalue weighted by atomic mass is 16.6. The number of likely N-dealkylation sites (tertiary alicyclic amines) is 2. The second-order valence-corrected chi connectivity index (χ2v) is 10.1. The predicted octanol–water partition coefficient (Wildman–Crippen LogP) is 3.18. The minimum Gasteiger partial charge on any atom is -0.495 e. The summed E-state index contributed by atoms with van der Waals surface area (Å²) in [6, 6.07) is 5.33. The molecule has 2 atom stereocenters. The molecule has 9 nitrogen and oxygen atoms in total. The number of rotatable bonds is 4.